The summed E-state index contributed by atoms with van der Waals surface area (Å²) in [5.74, 6) is 1.18. The van der Waals surface area contributed by atoms with Gasteiger partial charge in [0.1, 0.15) is 0 Å². The molecule has 0 radical (unpaired) electrons. The standard InChI is InChI=1S/C17H26N2S2/c1-5-18-10-17-15(11-19(3)13(2)12-20-4)14-8-6-7-9-16(14)21-17/h6-9,13,18H,5,10-12H2,1-4H3. The lowest BCUT2D eigenvalue weighted by molar-refractivity contribution is 0.270. The highest BCUT2D eigenvalue weighted by atomic mass is 32.2. The molecule has 0 saturated heterocycles. The van der Waals surface area contributed by atoms with Crippen molar-refractivity contribution in [2.45, 2.75) is 33.0 Å². The van der Waals surface area contributed by atoms with Crippen molar-refractivity contribution in [2.75, 3.05) is 25.6 Å². The molecule has 1 atom stereocenters. The summed E-state index contributed by atoms with van der Waals surface area (Å²) in [6, 6.07) is 9.40. The van der Waals surface area contributed by atoms with Gasteiger partial charge in [-0.15, -0.1) is 11.3 Å². The Bertz CT molecular complexity index is 565. The zero-order valence-corrected chi connectivity index (χ0v) is 15.1. The van der Waals surface area contributed by atoms with E-state index >= 15 is 0 Å². The van der Waals surface area contributed by atoms with Gasteiger partial charge in [0, 0.05) is 34.5 Å². The van der Waals surface area contributed by atoms with E-state index in [1.807, 2.05) is 23.1 Å². The molecule has 116 valence electrons. The van der Waals surface area contributed by atoms with Crippen molar-refractivity contribution < 1.29 is 0 Å². The molecule has 0 amide bonds. The fraction of sp³-hybridized carbons (Fsp3) is 0.529. The molecule has 1 heterocycles. The number of hydrogen-bond donors (Lipinski definition) is 1. The summed E-state index contributed by atoms with van der Waals surface area (Å²) in [7, 11) is 2.24. The van der Waals surface area contributed by atoms with Gasteiger partial charge < -0.3 is 5.32 Å². The van der Waals surface area contributed by atoms with Crippen LogP contribution >= 0.6 is 23.1 Å². The second-order valence-electron chi connectivity index (χ2n) is 5.50. The number of rotatable bonds is 8. The highest BCUT2D eigenvalue weighted by Gasteiger charge is 2.16. The third-order valence-corrected chi connectivity index (χ3v) is 5.91. The van der Waals surface area contributed by atoms with Crippen LogP contribution in [0.5, 0.6) is 0 Å². The molecule has 2 aromatic rings. The first-order chi connectivity index (χ1) is 10.2. The van der Waals surface area contributed by atoms with Crippen molar-refractivity contribution in [2.24, 2.45) is 0 Å². The van der Waals surface area contributed by atoms with Gasteiger partial charge in [-0.25, -0.2) is 0 Å². The van der Waals surface area contributed by atoms with Crippen LogP contribution in [-0.2, 0) is 13.1 Å². The monoisotopic (exact) mass is 322 g/mol. The zero-order chi connectivity index (χ0) is 15.2. The second kappa shape index (κ2) is 8.18. The first-order valence-corrected chi connectivity index (χ1v) is 9.77. The van der Waals surface area contributed by atoms with E-state index < -0.39 is 0 Å². The molecule has 0 spiro atoms. The van der Waals surface area contributed by atoms with Gasteiger partial charge in [0.2, 0.25) is 0 Å². The van der Waals surface area contributed by atoms with Gasteiger partial charge >= 0.3 is 0 Å². The van der Waals surface area contributed by atoms with E-state index in [2.05, 4.69) is 61.6 Å². The van der Waals surface area contributed by atoms with Crippen LogP contribution in [0.15, 0.2) is 24.3 Å². The average Bonchev–Trinajstić information content (AvgIpc) is 2.83. The van der Waals surface area contributed by atoms with Gasteiger partial charge in [-0.05, 0) is 43.8 Å². The molecule has 1 unspecified atom stereocenters. The van der Waals surface area contributed by atoms with Crippen LogP contribution in [0.2, 0.25) is 0 Å². The third-order valence-electron chi connectivity index (χ3n) is 3.89. The largest absolute Gasteiger partial charge is 0.312 e. The van der Waals surface area contributed by atoms with Crippen LogP contribution in [0, 0.1) is 0 Å². The molecule has 4 heteroatoms. The van der Waals surface area contributed by atoms with Gasteiger partial charge in [0.15, 0.2) is 0 Å². The van der Waals surface area contributed by atoms with Crippen molar-refractivity contribution in [3.8, 4) is 0 Å². The van der Waals surface area contributed by atoms with Crippen molar-refractivity contribution in [1.29, 1.82) is 0 Å². The van der Waals surface area contributed by atoms with Crippen molar-refractivity contribution >= 4 is 33.2 Å². The summed E-state index contributed by atoms with van der Waals surface area (Å²) >= 11 is 3.86. The Balaban J connectivity index is 2.26. The van der Waals surface area contributed by atoms with E-state index in [9.17, 15) is 0 Å². The number of benzene rings is 1. The van der Waals surface area contributed by atoms with E-state index in [-0.39, 0.29) is 0 Å². The molecular formula is C17H26N2S2. The minimum atomic E-state index is 0.602. The number of thiophene rings is 1. The zero-order valence-electron chi connectivity index (χ0n) is 13.5. The molecule has 0 aliphatic rings. The fourth-order valence-corrected chi connectivity index (χ4v) is 4.40. The fourth-order valence-electron chi connectivity index (χ4n) is 2.48. The molecule has 21 heavy (non-hydrogen) atoms. The van der Waals surface area contributed by atoms with E-state index in [1.54, 1.807) is 0 Å². The highest BCUT2D eigenvalue weighted by Crippen LogP contribution is 2.32. The third kappa shape index (κ3) is 4.22. The van der Waals surface area contributed by atoms with Gasteiger partial charge in [0.25, 0.3) is 0 Å². The van der Waals surface area contributed by atoms with Crippen LogP contribution < -0.4 is 5.32 Å². The summed E-state index contributed by atoms with van der Waals surface area (Å²) in [4.78, 5) is 3.96. The van der Waals surface area contributed by atoms with Gasteiger partial charge in [-0.3, -0.25) is 4.90 Å². The van der Waals surface area contributed by atoms with Crippen molar-refractivity contribution in [3.63, 3.8) is 0 Å². The quantitative estimate of drug-likeness (QED) is 0.784. The lowest BCUT2D eigenvalue weighted by Gasteiger charge is -2.24. The maximum Gasteiger partial charge on any atom is 0.0349 e. The van der Waals surface area contributed by atoms with Gasteiger partial charge in [0.05, 0.1) is 0 Å². The topological polar surface area (TPSA) is 15.3 Å². The normalized spacial score (nSPS) is 13.2. The Morgan fingerprint density at radius 2 is 2.10 bits per heavy atom. The summed E-state index contributed by atoms with van der Waals surface area (Å²) in [6.07, 6.45) is 2.18. The number of fused-ring (bicyclic) bond motifs is 1. The predicted molar refractivity (Wildman–Crippen MR) is 98.5 cm³/mol. The van der Waals surface area contributed by atoms with Gasteiger partial charge in [-0.1, -0.05) is 25.1 Å². The molecule has 0 fully saturated rings. The molecule has 0 bridgehead atoms. The molecule has 2 rings (SSSR count). The van der Waals surface area contributed by atoms with E-state index in [4.69, 9.17) is 0 Å². The summed E-state index contributed by atoms with van der Waals surface area (Å²) in [5, 5.41) is 4.91. The molecule has 2 nitrogen and oxygen atoms in total. The maximum atomic E-state index is 3.48. The molecule has 1 aromatic heterocycles. The van der Waals surface area contributed by atoms with E-state index in [0.717, 1.165) is 19.6 Å². The molecular weight excluding hydrogens is 296 g/mol. The second-order valence-corrected chi connectivity index (χ2v) is 7.55. The maximum absolute atomic E-state index is 3.48. The number of nitrogens with one attached hydrogen (secondary N) is 1. The molecule has 0 aliphatic heterocycles. The number of nitrogens with zero attached hydrogens (tertiary/aromatic N) is 1. The minimum Gasteiger partial charge on any atom is -0.312 e. The first-order valence-electron chi connectivity index (χ1n) is 7.56. The predicted octanol–water partition coefficient (Wildman–Crippen LogP) is 4.19. The van der Waals surface area contributed by atoms with Crippen LogP contribution in [0.4, 0.5) is 0 Å². The van der Waals surface area contributed by atoms with Crippen molar-refractivity contribution in [3.05, 3.63) is 34.7 Å². The Morgan fingerprint density at radius 1 is 1.33 bits per heavy atom. The molecule has 0 aliphatic carbocycles. The average molecular weight is 323 g/mol. The summed E-state index contributed by atoms with van der Waals surface area (Å²) in [5.41, 5.74) is 1.51. The number of hydrogen-bond acceptors (Lipinski definition) is 4. The van der Waals surface area contributed by atoms with Crippen LogP contribution in [0.3, 0.4) is 0 Å². The Labute approximate surface area is 136 Å². The van der Waals surface area contributed by atoms with E-state index in [0.29, 0.717) is 6.04 Å². The lowest BCUT2D eigenvalue weighted by Crippen LogP contribution is -2.30. The lowest BCUT2D eigenvalue weighted by atomic mass is 10.1. The minimum absolute atomic E-state index is 0.602. The summed E-state index contributed by atoms with van der Waals surface area (Å²) < 4.78 is 1.41. The SMILES string of the molecule is CCNCc1sc2ccccc2c1CN(C)C(C)CSC. The highest BCUT2D eigenvalue weighted by molar-refractivity contribution is 7.98. The Hall–Kier alpha value is -0.550. The van der Waals surface area contributed by atoms with Crippen molar-refractivity contribution in [1.82, 2.24) is 10.2 Å². The van der Waals surface area contributed by atoms with Crippen LogP contribution in [-0.4, -0.2) is 36.5 Å². The molecule has 1 aromatic carbocycles. The van der Waals surface area contributed by atoms with E-state index in [1.165, 1.54) is 26.3 Å². The number of thioether (sulfide) groups is 1. The molecule has 1 N–H and O–H groups in total. The smallest absolute Gasteiger partial charge is 0.0349 e. The summed E-state index contributed by atoms with van der Waals surface area (Å²) in [6.45, 7) is 7.52. The van der Waals surface area contributed by atoms with Crippen LogP contribution in [0.1, 0.15) is 24.3 Å². The Morgan fingerprint density at radius 3 is 2.81 bits per heavy atom. The van der Waals surface area contributed by atoms with Gasteiger partial charge in [-0.2, -0.15) is 11.8 Å². The first kappa shape index (κ1) is 16.8. The Kier molecular flexibility index (Phi) is 6.55. The molecule has 0 saturated carbocycles. The van der Waals surface area contributed by atoms with Crippen LogP contribution in [0.25, 0.3) is 10.1 Å².